The fourth-order valence-corrected chi connectivity index (χ4v) is 2.76. The lowest BCUT2D eigenvalue weighted by Crippen LogP contribution is -2.31. The van der Waals surface area contributed by atoms with Crippen LogP contribution in [0.3, 0.4) is 0 Å². The van der Waals surface area contributed by atoms with Crippen molar-refractivity contribution >= 4 is 35.2 Å². The van der Waals surface area contributed by atoms with E-state index < -0.39 is 11.2 Å². The van der Waals surface area contributed by atoms with E-state index in [0.717, 1.165) is 16.7 Å². The highest BCUT2D eigenvalue weighted by Gasteiger charge is 2.39. The molecule has 2 amide bonds. The third-order valence-corrected chi connectivity index (χ3v) is 4.03. The fraction of sp³-hybridized carbons (Fsp3) is 0.308. The van der Waals surface area contributed by atoms with Crippen molar-refractivity contribution < 1.29 is 24.2 Å². The fourth-order valence-electron chi connectivity index (χ4n) is 1.91. The lowest BCUT2D eigenvalue weighted by molar-refractivity contribution is -0.134. The first-order valence-corrected chi connectivity index (χ1v) is 6.92. The predicted octanol–water partition coefficient (Wildman–Crippen LogP) is 1.14. The Labute approximate surface area is 119 Å². The number of carbonyl (C=O) groups is 3. The molecule has 1 fully saturated rings. The summed E-state index contributed by atoms with van der Waals surface area (Å²) in [5.74, 6) is -1.25. The van der Waals surface area contributed by atoms with E-state index in [0.29, 0.717) is 11.4 Å². The van der Waals surface area contributed by atoms with Gasteiger partial charge in [0, 0.05) is 6.42 Å². The van der Waals surface area contributed by atoms with Gasteiger partial charge >= 0.3 is 5.97 Å². The van der Waals surface area contributed by atoms with Crippen LogP contribution in [0.5, 0.6) is 5.75 Å². The molecular formula is C13H13NO5S. The van der Waals surface area contributed by atoms with Gasteiger partial charge in [0.2, 0.25) is 11.8 Å². The van der Waals surface area contributed by atoms with E-state index in [1.165, 1.54) is 7.11 Å². The molecule has 1 aromatic rings. The summed E-state index contributed by atoms with van der Waals surface area (Å²) in [4.78, 5) is 35.7. The molecule has 1 heterocycles. The molecule has 6 nitrogen and oxygen atoms in total. The number of carbonyl (C=O) groups excluding carboxylic acids is 2. The maximum absolute atomic E-state index is 12.1. The van der Waals surface area contributed by atoms with Gasteiger partial charge in [-0.2, -0.15) is 0 Å². The lowest BCUT2D eigenvalue weighted by Gasteiger charge is -2.15. The monoisotopic (exact) mass is 295 g/mol. The maximum atomic E-state index is 12.1. The van der Waals surface area contributed by atoms with E-state index in [9.17, 15) is 14.4 Å². The van der Waals surface area contributed by atoms with Crippen LogP contribution >= 0.6 is 11.8 Å². The van der Waals surface area contributed by atoms with E-state index >= 15 is 0 Å². The molecule has 7 heteroatoms. The van der Waals surface area contributed by atoms with Crippen LogP contribution in [0.1, 0.15) is 6.42 Å². The zero-order valence-corrected chi connectivity index (χ0v) is 11.6. The van der Waals surface area contributed by atoms with Gasteiger partial charge in [0.25, 0.3) is 0 Å². The van der Waals surface area contributed by atoms with Crippen LogP contribution < -0.4 is 9.64 Å². The second kappa shape index (κ2) is 5.96. The summed E-state index contributed by atoms with van der Waals surface area (Å²) >= 11 is 0.974. The SMILES string of the molecule is COc1ccc(N2C(=O)C[C@H](SCC(=O)O)C2=O)cc1. The molecule has 1 aliphatic rings. The molecule has 0 aromatic heterocycles. The number of hydrogen-bond donors (Lipinski definition) is 1. The van der Waals surface area contributed by atoms with Gasteiger partial charge < -0.3 is 9.84 Å². The molecule has 0 bridgehead atoms. The zero-order valence-electron chi connectivity index (χ0n) is 10.7. The maximum Gasteiger partial charge on any atom is 0.313 e. The molecule has 0 aliphatic carbocycles. The number of amides is 2. The third-order valence-electron chi connectivity index (χ3n) is 2.84. The minimum Gasteiger partial charge on any atom is -0.497 e. The average molecular weight is 295 g/mol. The number of carboxylic acids is 1. The van der Waals surface area contributed by atoms with Crippen LogP contribution in [0.4, 0.5) is 5.69 Å². The summed E-state index contributed by atoms with van der Waals surface area (Å²) in [6.07, 6.45) is 0.0306. The molecule has 1 atom stereocenters. The number of benzene rings is 1. The number of carboxylic acid groups (broad SMARTS) is 1. The number of hydrogen-bond acceptors (Lipinski definition) is 5. The van der Waals surface area contributed by atoms with Crippen molar-refractivity contribution in [3.05, 3.63) is 24.3 Å². The van der Waals surface area contributed by atoms with Gasteiger partial charge in [0.05, 0.1) is 23.8 Å². The molecule has 1 aliphatic heterocycles. The zero-order chi connectivity index (χ0) is 14.7. The van der Waals surface area contributed by atoms with Crippen LogP contribution in [0.2, 0.25) is 0 Å². The molecule has 0 saturated carbocycles. The third kappa shape index (κ3) is 2.93. The van der Waals surface area contributed by atoms with Crippen LogP contribution in [-0.2, 0) is 14.4 Å². The molecule has 1 aromatic carbocycles. The van der Waals surface area contributed by atoms with Gasteiger partial charge in [0.1, 0.15) is 5.75 Å². The summed E-state index contributed by atoms with van der Waals surface area (Å²) in [7, 11) is 1.53. The summed E-state index contributed by atoms with van der Waals surface area (Å²) < 4.78 is 5.01. The van der Waals surface area contributed by atoms with Crippen LogP contribution in [0.15, 0.2) is 24.3 Å². The molecule has 106 valence electrons. The average Bonchev–Trinajstić information content (AvgIpc) is 2.71. The quantitative estimate of drug-likeness (QED) is 0.820. The smallest absolute Gasteiger partial charge is 0.313 e. The highest BCUT2D eigenvalue weighted by molar-refractivity contribution is 8.01. The molecule has 1 saturated heterocycles. The van der Waals surface area contributed by atoms with Crippen molar-refractivity contribution in [3.63, 3.8) is 0 Å². The van der Waals surface area contributed by atoms with Crippen molar-refractivity contribution in [2.75, 3.05) is 17.8 Å². The Morgan fingerprint density at radius 3 is 2.60 bits per heavy atom. The highest BCUT2D eigenvalue weighted by atomic mass is 32.2. The van der Waals surface area contributed by atoms with Crippen molar-refractivity contribution in [2.45, 2.75) is 11.7 Å². The Kier molecular flexibility index (Phi) is 4.29. The Balaban J connectivity index is 2.13. The highest BCUT2D eigenvalue weighted by Crippen LogP contribution is 2.30. The number of ether oxygens (including phenoxy) is 1. The minimum atomic E-state index is -1.00. The second-order valence-corrected chi connectivity index (χ2v) is 5.35. The topological polar surface area (TPSA) is 83.9 Å². The summed E-state index contributed by atoms with van der Waals surface area (Å²) in [6.45, 7) is 0. The summed E-state index contributed by atoms with van der Waals surface area (Å²) in [5, 5.41) is 8.00. The normalized spacial score (nSPS) is 18.4. The van der Waals surface area contributed by atoms with Gasteiger partial charge in [-0.15, -0.1) is 11.8 Å². The van der Waals surface area contributed by atoms with Gasteiger partial charge in [-0.05, 0) is 24.3 Å². The first-order chi connectivity index (χ1) is 9.52. The number of thioether (sulfide) groups is 1. The molecule has 0 radical (unpaired) electrons. The molecule has 0 unspecified atom stereocenters. The Morgan fingerprint density at radius 2 is 2.05 bits per heavy atom. The summed E-state index contributed by atoms with van der Waals surface area (Å²) in [5.41, 5.74) is 0.472. The van der Waals surface area contributed by atoms with E-state index in [1.54, 1.807) is 24.3 Å². The lowest BCUT2D eigenvalue weighted by atomic mass is 10.3. The van der Waals surface area contributed by atoms with Crippen LogP contribution in [-0.4, -0.2) is 41.0 Å². The Hall–Kier alpha value is -2.02. The molecule has 1 N–H and O–H groups in total. The van der Waals surface area contributed by atoms with E-state index in [-0.39, 0.29) is 24.0 Å². The number of anilines is 1. The molecule has 0 spiro atoms. The van der Waals surface area contributed by atoms with Gasteiger partial charge in [-0.1, -0.05) is 0 Å². The van der Waals surface area contributed by atoms with E-state index in [1.807, 2.05) is 0 Å². The van der Waals surface area contributed by atoms with Crippen LogP contribution in [0.25, 0.3) is 0 Å². The van der Waals surface area contributed by atoms with Gasteiger partial charge in [0.15, 0.2) is 0 Å². The van der Waals surface area contributed by atoms with Crippen molar-refractivity contribution in [2.24, 2.45) is 0 Å². The Morgan fingerprint density at radius 1 is 1.40 bits per heavy atom. The van der Waals surface area contributed by atoms with Crippen LogP contribution in [0, 0.1) is 0 Å². The number of imide groups is 1. The number of rotatable bonds is 5. The summed E-state index contributed by atoms with van der Waals surface area (Å²) in [6, 6.07) is 6.57. The van der Waals surface area contributed by atoms with E-state index in [2.05, 4.69) is 0 Å². The number of methoxy groups -OCH3 is 1. The van der Waals surface area contributed by atoms with Crippen molar-refractivity contribution in [1.29, 1.82) is 0 Å². The Bertz CT molecular complexity index is 542. The first kappa shape index (κ1) is 14.4. The number of aliphatic carboxylic acids is 1. The van der Waals surface area contributed by atoms with Gasteiger partial charge in [-0.3, -0.25) is 14.4 Å². The molecule has 2 rings (SSSR count). The second-order valence-electron chi connectivity index (χ2n) is 4.16. The largest absolute Gasteiger partial charge is 0.497 e. The standard InChI is InChI=1S/C13H13NO5S/c1-19-9-4-2-8(3-5-9)14-11(15)6-10(13(14)18)20-7-12(16)17/h2-5,10H,6-7H2,1H3,(H,16,17)/t10-/m0/s1. The van der Waals surface area contributed by atoms with E-state index in [4.69, 9.17) is 9.84 Å². The number of nitrogens with zero attached hydrogens (tertiary/aromatic N) is 1. The van der Waals surface area contributed by atoms with Gasteiger partial charge in [-0.25, -0.2) is 4.90 Å². The first-order valence-electron chi connectivity index (χ1n) is 5.87. The molecule has 20 heavy (non-hydrogen) atoms. The molecular weight excluding hydrogens is 282 g/mol. The van der Waals surface area contributed by atoms with Crippen molar-refractivity contribution in [3.8, 4) is 5.75 Å². The van der Waals surface area contributed by atoms with Crippen molar-refractivity contribution in [1.82, 2.24) is 0 Å². The predicted molar refractivity (Wildman–Crippen MR) is 74.0 cm³/mol. The minimum absolute atomic E-state index is 0.0306.